The van der Waals surface area contributed by atoms with Gasteiger partial charge in [-0.1, -0.05) is 29.3 Å². The molecule has 5 rings (SSSR count). The number of para-hydroxylation sites is 1. The van der Waals surface area contributed by atoms with Gasteiger partial charge in [-0.2, -0.15) is 17.7 Å². The Morgan fingerprint density at radius 3 is 2.32 bits per heavy atom. The van der Waals surface area contributed by atoms with Crippen LogP contribution in [-0.2, 0) is 10.2 Å². The number of piperazine rings is 1. The molecule has 0 saturated carbocycles. The third-order valence-corrected chi connectivity index (χ3v) is 8.26. The van der Waals surface area contributed by atoms with E-state index in [4.69, 9.17) is 27.9 Å². The van der Waals surface area contributed by atoms with Crippen molar-refractivity contribution in [3.05, 3.63) is 64.3 Å². The Kier molecular flexibility index (Phi) is 7.10. The second-order valence-corrected chi connectivity index (χ2v) is 10.9. The maximum absolute atomic E-state index is 13.1. The summed E-state index contributed by atoms with van der Waals surface area (Å²) >= 11 is 12.5. The molecule has 3 aromatic rings. The van der Waals surface area contributed by atoms with Gasteiger partial charge in [-0.15, -0.1) is 0 Å². The van der Waals surface area contributed by atoms with Crippen LogP contribution in [0.25, 0.3) is 0 Å². The molecule has 37 heavy (non-hydrogen) atoms. The van der Waals surface area contributed by atoms with Crippen molar-refractivity contribution >= 4 is 62.3 Å². The fraction of sp³-hybridized carbons (Fsp3) is 0.261. The molecule has 2 aliphatic heterocycles. The SMILES string of the molecule is CNS(=O)(=O)N1CCN(c2ccc(Nc3ncc4c(n3)OCN(c3c(Cl)cccc3Cl)C4=O)cc2)CC1. The lowest BCUT2D eigenvalue weighted by Crippen LogP contribution is -2.51. The normalized spacial score (nSPS) is 16.4. The van der Waals surface area contributed by atoms with Crippen molar-refractivity contribution < 1.29 is 17.9 Å². The molecule has 14 heteroatoms. The van der Waals surface area contributed by atoms with Crippen molar-refractivity contribution in [3.63, 3.8) is 0 Å². The maximum atomic E-state index is 13.1. The zero-order valence-corrected chi connectivity index (χ0v) is 22.0. The van der Waals surface area contributed by atoms with Gasteiger partial charge in [0.1, 0.15) is 5.56 Å². The number of carbonyl (C=O) groups excluding carboxylic acids is 1. The lowest BCUT2D eigenvalue weighted by Gasteiger charge is -2.35. The van der Waals surface area contributed by atoms with Gasteiger partial charge in [0.25, 0.3) is 16.1 Å². The summed E-state index contributed by atoms with van der Waals surface area (Å²) in [7, 11) is -2.00. The summed E-state index contributed by atoms with van der Waals surface area (Å²) in [5, 5.41) is 3.78. The lowest BCUT2D eigenvalue weighted by molar-refractivity contribution is 0.0932. The number of nitrogens with zero attached hydrogens (tertiary/aromatic N) is 5. The summed E-state index contributed by atoms with van der Waals surface area (Å²) in [5.41, 5.74) is 2.29. The lowest BCUT2D eigenvalue weighted by atomic mass is 10.2. The van der Waals surface area contributed by atoms with E-state index in [1.165, 1.54) is 22.4 Å². The van der Waals surface area contributed by atoms with E-state index in [0.29, 0.717) is 41.9 Å². The molecule has 1 saturated heterocycles. The van der Waals surface area contributed by atoms with E-state index < -0.39 is 10.2 Å². The Hall–Kier alpha value is -3.16. The fourth-order valence-electron chi connectivity index (χ4n) is 4.13. The van der Waals surface area contributed by atoms with Gasteiger partial charge in [0.15, 0.2) is 6.73 Å². The van der Waals surface area contributed by atoms with Crippen LogP contribution in [0.3, 0.4) is 0 Å². The first kappa shape index (κ1) is 25.5. The van der Waals surface area contributed by atoms with Gasteiger partial charge in [-0.25, -0.2) is 9.71 Å². The van der Waals surface area contributed by atoms with Crippen molar-refractivity contribution in [2.24, 2.45) is 0 Å². The molecule has 2 N–H and O–H groups in total. The first-order valence-corrected chi connectivity index (χ1v) is 13.5. The van der Waals surface area contributed by atoms with Crippen LogP contribution in [0.5, 0.6) is 5.88 Å². The molecule has 0 aliphatic carbocycles. The molecular formula is C23H23Cl2N7O4S. The second-order valence-electron chi connectivity index (χ2n) is 8.26. The van der Waals surface area contributed by atoms with Crippen LogP contribution in [-0.4, -0.2) is 68.6 Å². The van der Waals surface area contributed by atoms with Gasteiger partial charge in [0.2, 0.25) is 11.8 Å². The number of aromatic nitrogens is 2. The molecule has 0 unspecified atom stereocenters. The number of amides is 1. The molecule has 2 aromatic carbocycles. The van der Waals surface area contributed by atoms with Gasteiger partial charge in [0.05, 0.1) is 15.7 Å². The summed E-state index contributed by atoms with van der Waals surface area (Å²) in [6, 6.07) is 12.6. The number of fused-ring (bicyclic) bond motifs is 1. The monoisotopic (exact) mass is 563 g/mol. The molecule has 0 atom stereocenters. The van der Waals surface area contributed by atoms with Crippen molar-refractivity contribution in [1.29, 1.82) is 0 Å². The number of ether oxygens (including phenoxy) is 1. The molecule has 0 spiro atoms. The van der Waals surface area contributed by atoms with Crippen LogP contribution >= 0.6 is 23.2 Å². The van der Waals surface area contributed by atoms with Crippen LogP contribution < -0.4 is 24.6 Å². The van der Waals surface area contributed by atoms with Crippen molar-refractivity contribution in [1.82, 2.24) is 19.0 Å². The number of hydrogen-bond donors (Lipinski definition) is 2. The first-order valence-electron chi connectivity index (χ1n) is 11.3. The highest BCUT2D eigenvalue weighted by Gasteiger charge is 2.31. The quantitative estimate of drug-likeness (QED) is 0.469. The highest BCUT2D eigenvalue weighted by molar-refractivity contribution is 7.87. The molecule has 0 bridgehead atoms. The van der Waals surface area contributed by atoms with Crippen molar-refractivity contribution in [3.8, 4) is 5.88 Å². The van der Waals surface area contributed by atoms with Crippen molar-refractivity contribution in [2.75, 3.05) is 55.1 Å². The summed E-state index contributed by atoms with van der Waals surface area (Å²) in [4.78, 5) is 25.1. The number of nitrogens with one attached hydrogen (secondary N) is 2. The van der Waals surface area contributed by atoms with Gasteiger partial charge in [-0.05, 0) is 36.4 Å². The molecule has 2 aliphatic rings. The standard InChI is InChI=1S/C23H23Cl2N7O4S/c1-26-37(34,35)31-11-9-30(10-12-31)16-7-5-15(6-8-16)28-23-27-13-17-21(29-23)36-14-32(22(17)33)20-18(24)3-2-4-19(20)25/h2-8,13,26H,9-12,14H2,1H3,(H,27,28,29). The summed E-state index contributed by atoms with van der Waals surface area (Å²) in [6.07, 6.45) is 1.40. The molecule has 194 valence electrons. The van der Waals surface area contributed by atoms with E-state index in [9.17, 15) is 13.2 Å². The van der Waals surface area contributed by atoms with E-state index in [-0.39, 0.29) is 30.0 Å². The summed E-state index contributed by atoms with van der Waals surface area (Å²) < 4.78 is 33.4. The Labute approximate surface area is 224 Å². The predicted octanol–water partition coefficient (Wildman–Crippen LogP) is 3.11. The van der Waals surface area contributed by atoms with Gasteiger partial charge < -0.3 is 15.0 Å². The zero-order chi connectivity index (χ0) is 26.2. The topological polar surface area (TPSA) is 120 Å². The molecule has 3 heterocycles. The first-order chi connectivity index (χ1) is 17.8. The fourth-order valence-corrected chi connectivity index (χ4v) is 5.63. The second kappa shape index (κ2) is 10.3. The highest BCUT2D eigenvalue weighted by atomic mass is 35.5. The minimum absolute atomic E-state index is 0.0939. The molecule has 11 nitrogen and oxygen atoms in total. The van der Waals surface area contributed by atoms with Crippen LogP contribution in [0.4, 0.5) is 23.0 Å². The predicted molar refractivity (Wildman–Crippen MR) is 142 cm³/mol. The smallest absolute Gasteiger partial charge is 0.279 e. The van der Waals surface area contributed by atoms with E-state index in [1.54, 1.807) is 18.2 Å². The van der Waals surface area contributed by atoms with E-state index in [2.05, 4.69) is 24.9 Å². The van der Waals surface area contributed by atoms with Crippen LogP contribution in [0.15, 0.2) is 48.7 Å². The van der Waals surface area contributed by atoms with Crippen molar-refractivity contribution in [2.45, 2.75) is 0 Å². The minimum Gasteiger partial charge on any atom is -0.455 e. The summed E-state index contributed by atoms with van der Waals surface area (Å²) in [5.74, 6) is 0.0668. The van der Waals surface area contributed by atoms with Crippen LogP contribution in [0.2, 0.25) is 10.0 Å². The number of hydrogen-bond acceptors (Lipinski definition) is 8. The van der Waals surface area contributed by atoms with Crippen LogP contribution in [0.1, 0.15) is 10.4 Å². The molecular weight excluding hydrogens is 541 g/mol. The molecule has 1 aromatic heterocycles. The maximum Gasteiger partial charge on any atom is 0.279 e. The highest BCUT2D eigenvalue weighted by Crippen LogP contribution is 2.37. The van der Waals surface area contributed by atoms with Gasteiger partial charge in [0, 0.05) is 50.8 Å². The summed E-state index contributed by atoms with van der Waals surface area (Å²) in [6.45, 7) is 1.89. The van der Waals surface area contributed by atoms with Crippen LogP contribution in [0, 0.1) is 0 Å². The van der Waals surface area contributed by atoms with Gasteiger partial charge in [-0.3, -0.25) is 9.69 Å². The Morgan fingerprint density at radius 1 is 1.00 bits per heavy atom. The zero-order valence-electron chi connectivity index (χ0n) is 19.7. The molecule has 0 radical (unpaired) electrons. The Morgan fingerprint density at radius 2 is 1.68 bits per heavy atom. The largest absolute Gasteiger partial charge is 0.455 e. The Bertz CT molecular complexity index is 1410. The number of halogens is 2. The number of rotatable bonds is 6. The number of carbonyl (C=O) groups is 1. The van der Waals surface area contributed by atoms with E-state index >= 15 is 0 Å². The molecule has 1 fully saturated rings. The van der Waals surface area contributed by atoms with E-state index in [1.807, 2.05) is 24.3 Å². The number of anilines is 4. The third-order valence-electron chi connectivity index (χ3n) is 6.09. The number of benzene rings is 2. The Balaban J connectivity index is 1.25. The minimum atomic E-state index is -3.41. The van der Waals surface area contributed by atoms with Gasteiger partial charge >= 0.3 is 0 Å². The average Bonchev–Trinajstić information content (AvgIpc) is 2.90. The molecule has 1 amide bonds. The van der Waals surface area contributed by atoms with E-state index in [0.717, 1.165) is 11.4 Å². The average molecular weight is 564 g/mol. The third kappa shape index (κ3) is 5.15.